The van der Waals surface area contributed by atoms with Crippen LogP contribution in [0.15, 0.2) is 53.4 Å². The van der Waals surface area contributed by atoms with Gasteiger partial charge < -0.3 is 5.73 Å². The van der Waals surface area contributed by atoms with Gasteiger partial charge in [-0.05, 0) is 55.5 Å². The summed E-state index contributed by atoms with van der Waals surface area (Å²) in [5.74, 6) is -0.698. The average Bonchev–Trinajstić information content (AvgIpc) is 2.72. The van der Waals surface area contributed by atoms with Crippen LogP contribution in [-0.4, -0.2) is 26.8 Å². The fraction of sp³-hybridized carbons (Fsp3) is 0.429. The first kappa shape index (κ1) is 25.4. The molecule has 0 radical (unpaired) electrons. The highest BCUT2D eigenvalue weighted by atomic mass is 32.2. The van der Waals surface area contributed by atoms with E-state index in [1.165, 1.54) is 0 Å². The number of nitrogens with two attached hydrogens (primary N) is 1. The molecule has 1 saturated carbocycles. The molecule has 182 valence electrons. The van der Waals surface area contributed by atoms with E-state index in [4.69, 9.17) is 5.73 Å². The molecule has 1 fully saturated rings. The molecule has 0 spiro atoms. The Labute approximate surface area is 184 Å². The lowest BCUT2D eigenvalue weighted by Crippen LogP contribution is -2.50. The van der Waals surface area contributed by atoms with Gasteiger partial charge in [-0.25, -0.2) is 17.2 Å². The molecule has 2 N–H and O–H groups in total. The predicted molar refractivity (Wildman–Crippen MR) is 103 cm³/mol. The van der Waals surface area contributed by atoms with Crippen molar-refractivity contribution in [1.29, 1.82) is 0 Å². The Hall–Kier alpha value is -2.21. The number of halogens is 8. The zero-order chi connectivity index (χ0) is 24.9. The lowest BCUT2D eigenvalue weighted by atomic mass is 9.80. The zero-order valence-electron chi connectivity index (χ0n) is 16.9. The van der Waals surface area contributed by atoms with E-state index in [0.717, 1.165) is 36.4 Å². The van der Waals surface area contributed by atoms with Crippen molar-refractivity contribution >= 4 is 9.84 Å². The van der Waals surface area contributed by atoms with Gasteiger partial charge in [0, 0.05) is 11.6 Å². The van der Waals surface area contributed by atoms with Crippen molar-refractivity contribution in [2.24, 2.45) is 5.73 Å². The van der Waals surface area contributed by atoms with Crippen molar-refractivity contribution in [3.05, 3.63) is 65.5 Å². The molecule has 0 amide bonds. The molecular weight excluding hydrogens is 482 g/mol. The molecule has 0 aliphatic heterocycles. The highest BCUT2D eigenvalue weighted by Crippen LogP contribution is 2.54. The van der Waals surface area contributed by atoms with E-state index in [1.54, 1.807) is 0 Å². The lowest BCUT2D eigenvalue weighted by Gasteiger charge is -2.39. The average molecular weight is 501 g/mol. The molecule has 0 saturated heterocycles. The smallest absolute Gasteiger partial charge is 0.328 e. The minimum absolute atomic E-state index is 0.0769. The minimum atomic E-state index is -6.29. The number of hydrogen-bond acceptors (Lipinski definition) is 3. The van der Waals surface area contributed by atoms with E-state index in [0.29, 0.717) is 12.1 Å². The Morgan fingerprint density at radius 2 is 1.24 bits per heavy atom. The van der Waals surface area contributed by atoms with Crippen LogP contribution in [0.4, 0.5) is 35.1 Å². The number of rotatable bonds is 4. The molecule has 0 heterocycles. The van der Waals surface area contributed by atoms with E-state index in [-0.39, 0.29) is 42.2 Å². The quantitative estimate of drug-likeness (QED) is 0.433. The third kappa shape index (κ3) is 4.11. The molecule has 3 nitrogen and oxygen atoms in total. The summed E-state index contributed by atoms with van der Waals surface area (Å²) in [7, 11) is -4.28. The Morgan fingerprint density at radius 1 is 0.788 bits per heavy atom. The van der Waals surface area contributed by atoms with Crippen LogP contribution in [0.3, 0.4) is 0 Å². The molecule has 0 bridgehead atoms. The fourth-order valence-electron chi connectivity index (χ4n) is 4.15. The van der Waals surface area contributed by atoms with Crippen LogP contribution in [0.5, 0.6) is 0 Å². The summed E-state index contributed by atoms with van der Waals surface area (Å²) in [6.07, 6.45) is -12.3. The van der Waals surface area contributed by atoms with Crippen LogP contribution in [0, 0.1) is 5.82 Å². The van der Waals surface area contributed by atoms with E-state index < -0.39 is 44.0 Å². The molecule has 2 aromatic rings. The van der Waals surface area contributed by atoms with Gasteiger partial charge in [-0.2, -0.15) is 26.3 Å². The maximum absolute atomic E-state index is 14.4. The van der Waals surface area contributed by atoms with Crippen LogP contribution in [0.2, 0.25) is 0 Å². The second kappa shape index (κ2) is 8.23. The summed E-state index contributed by atoms with van der Waals surface area (Å²) in [5, 5.41) is 0. The summed E-state index contributed by atoms with van der Waals surface area (Å²) in [5.41, 5.74) is -1.58. The number of sulfone groups is 1. The summed E-state index contributed by atoms with van der Waals surface area (Å²) in [6, 6.07) is 5.65. The first-order chi connectivity index (χ1) is 15.1. The van der Waals surface area contributed by atoms with Gasteiger partial charge in [-0.1, -0.05) is 24.3 Å². The van der Waals surface area contributed by atoms with Gasteiger partial charge in [0.1, 0.15) is 10.6 Å². The predicted octanol–water partition coefficient (Wildman–Crippen LogP) is 5.69. The van der Waals surface area contributed by atoms with Crippen LogP contribution in [-0.2, 0) is 20.3 Å². The molecule has 12 heteroatoms. The molecule has 1 aliphatic carbocycles. The van der Waals surface area contributed by atoms with Crippen molar-refractivity contribution in [2.45, 2.75) is 59.4 Å². The number of alkyl halides is 7. The van der Waals surface area contributed by atoms with Gasteiger partial charge in [-0.15, -0.1) is 0 Å². The molecule has 33 heavy (non-hydrogen) atoms. The van der Waals surface area contributed by atoms with Gasteiger partial charge in [0.25, 0.3) is 0 Å². The SMILES string of the molecule is N[C@H]1CC[C@@](c2ccc(C(F)(C(F)(F)F)C(F)(F)F)cc2)(S(=O)(=O)c2ccc(F)cc2)CC1. The van der Waals surface area contributed by atoms with E-state index in [1.807, 2.05) is 0 Å². The molecule has 0 unspecified atom stereocenters. The highest BCUT2D eigenvalue weighted by Gasteiger charge is 2.73. The molecular formula is C21H19F8NO2S. The van der Waals surface area contributed by atoms with E-state index >= 15 is 0 Å². The monoisotopic (exact) mass is 501 g/mol. The summed E-state index contributed by atoms with van der Waals surface area (Å²) in [6.45, 7) is 0. The van der Waals surface area contributed by atoms with Crippen molar-refractivity contribution < 1.29 is 43.5 Å². The van der Waals surface area contributed by atoms with Crippen LogP contribution in [0.1, 0.15) is 36.8 Å². The van der Waals surface area contributed by atoms with E-state index in [2.05, 4.69) is 0 Å². The molecule has 1 aliphatic rings. The summed E-state index contributed by atoms with van der Waals surface area (Å²) in [4.78, 5) is -0.270. The Kier molecular flexibility index (Phi) is 6.33. The Morgan fingerprint density at radius 3 is 1.67 bits per heavy atom. The topological polar surface area (TPSA) is 60.2 Å². The van der Waals surface area contributed by atoms with Crippen LogP contribution < -0.4 is 5.73 Å². The van der Waals surface area contributed by atoms with Crippen molar-refractivity contribution in [1.82, 2.24) is 0 Å². The number of benzene rings is 2. The van der Waals surface area contributed by atoms with Gasteiger partial charge in [0.05, 0.1) is 4.90 Å². The first-order valence-electron chi connectivity index (χ1n) is 9.75. The summed E-state index contributed by atoms with van der Waals surface area (Å²) < 4.78 is 131. The van der Waals surface area contributed by atoms with Gasteiger partial charge in [0.15, 0.2) is 9.84 Å². The minimum Gasteiger partial charge on any atom is -0.328 e. The van der Waals surface area contributed by atoms with Crippen LogP contribution >= 0.6 is 0 Å². The molecule has 0 aromatic heterocycles. The Balaban J connectivity index is 2.15. The maximum atomic E-state index is 14.4. The standard InChI is InChI=1S/C21H19F8NO2S/c22-15-5-7-17(8-6-15)33(31,32)18(11-9-16(30)10-12-18)13-1-3-14(4-2-13)19(23,20(24,25)26)21(27,28)29/h1-8,16H,9-12,30H2/t16-,18+. The molecule has 3 rings (SSSR count). The zero-order valence-corrected chi connectivity index (χ0v) is 17.7. The largest absolute Gasteiger partial charge is 0.435 e. The highest BCUT2D eigenvalue weighted by molar-refractivity contribution is 7.92. The first-order valence-corrected chi connectivity index (χ1v) is 11.2. The van der Waals surface area contributed by atoms with Crippen molar-refractivity contribution in [3.63, 3.8) is 0 Å². The molecule has 0 atom stereocenters. The second-order valence-electron chi connectivity index (χ2n) is 8.02. The van der Waals surface area contributed by atoms with Gasteiger partial charge in [-0.3, -0.25) is 0 Å². The Bertz CT molecular complexity index is 1070. The molecule has 2 aromatic carbocycles. The third-order valence-corrected chi connectivity index (χ3v) is 8.63. The van der Waals surface area contributed by atoms with E-state index in [9.17, 15) is 43.5 Å². The van der Waals surface area contributed by atoms with Gasteiger partial charge in [0.2, 0.25) is 0 Å². The number of hydrogen-bond donors (Lipinski definition) is 1. The van der Waals surface area contributed by atoms with Gasteiger partial charge >= 0.3 is 18.0 Å². The second-order valence-corrected chi connectivity index (χ2v) is 10.3. The normalized spacial score (nSPS) is 22.9. The lowest BCUT2D eigenvalue weighted by molar-refractivity contribution is -0.348. The van der Waals surface area contributed by atoms with Crippen molar-refractivity contribution in [2.75, 3.05) is 0 Å². The summed E-state index contributed by atoms with van der Waals surface area (Å²) >= 11 is 0. The third-order valence-electron chi connectivity index (χ3n) is 6.07. The van der Waals surface area contributed by atoms with Crippen LogP contribution in [0.25, 0.3) is 0 Å². The van der Waals surface area contributed by atoms with Crippen molar-refractivity contribution in [3.8, 4) is 0 Å². The maximum Gasteiger partial charge on any atom is 0.435 e. The fourth-order valence-corrected chi connectivity index (χ4v) is 6.32.